The van der Waals surface area contributed by atoms with E-state index in [0.29, 0.717) is 0 Å². The molecule has 2 rings (SSSR count). The van der Waals surface area contributed by atoms with Crippen LogP contribution in [-0.2, 0) is 0 Å². The van der Waals surface area contributed by atoms with Crippen molar-refractivity contribution in [2.45, 2.75) is 13.0 Å². The Labute approximate surface area is 98.5 Å². The van der Waals surface area contributed by atoms with Gasteiger partial charge in [0.25, 0.3) is 0 Å². The summed E-state index contributed by atoms with van der Waals surface area (Å²) in [4.78, 5) is 1.17. The van der Waals surface area contributed by atoms with Crippen LogP contribution >= 0.6 is 22.9 Å². The Morgan fingerprint density at radius 2 is 2.13 bits per heavy atom. The zero-order chi connectivity index (χ0) is 10.8. The molecule has 0 aliphatic rings. The Bertz CT molecular complexity index is 451. The molecule has 0 saturated heterocycles. The van der Waals surface area contributed by atoms with Gasteiger partial charge in [-0.05, 0) is 41.6 Å². The quantitative estimate of drug-likeness (QED) is 0.846. The van der Waals surface area contributed by atoms with Crippen molar-refractivity contribution in [1.82, 2.24) is 0 Å². The average Bonchev–Trinajstić information content (AvgIpc) is 2.74. The minimum absolute atomic E-state index is 0.0660. The van der Waals surface area contributed by atoms with Gasteiger partial charge in [-0.25, -0.2) is 0 Å². The smallest absolute Gasteiger partial charge is 0.0649 e. The Balaban J connectivity index is 2.41. The van der Waals surface area contributed by atoms with E-state index in [1.54, 1.807) is 11.3 Å². The van der Waals surface area contributed by atoms with Gasteiger partial charge in [-0.2, -0.15) is 0 Å². The van der Waals surface area contributed by atoms with Crippen molar-refractivity contribution in [2.24, 2.45) is 5.73 Å². The zero-order valence-electron chi connectivity index (χ0n) is 8.41. The number of benzene rings is 1. The highest BCUT2D eigenvalue weighted by atomic mass is 35.5. The second kappa shape index (κ2) is 4.35. The summed E-state index contributed by atoms with van der Waals surface area (Å²) in [5.74, 6) is 0. The highest BCUT2D eigenvalue weighted by molar-refractivity contribution is 7.10. The molecule has 0 spiro atoms. The van der Waals surface area contributed by atoms with Crippen molar-refractivity contribution in [3.63, 3.8) is 0 Å². The number of thiophene rings is 1. The molecule has 2 aromatic rings. The molecule has 0 amide bonds. The molecule has 0 radical (unpaired) electrons. The van der Waals surface area contributed by atoms with Gasteiger partial charge in [-0.3, -0.25) is 0 Å². The largest absolute Gasteiger partial charge is 0.320 e. The van der Waals surface area contributed by atoms with Gasteiger partial charge >= 0.3 is 0 Å². The normalized spacial score (nSPS) is 12.7. The molecule has 0 aliphatic heterocycles. The van der Waals surface area contributed by atoms with Gasteiger partial charge in [0.15, 0.2) is 0 Å². The molecule has 1 nitrogen and oxygen atoms in total. The maximum atomic E-state index is 6.18. The third-order valence-corrected chi connectivity index (χ3v) is 3.62. The molecule has 0 saturated carbocycles. The first-order valence-corrected chi connectivity index (χ1v) is 5.99. The maximum Gasteiger partial charge on any atom is 0.0649 e. The number of aryl methyl sites for hydroxylation is 1. The predicted octanol–water partition coefficient (Wildman–Crippen LogP) is 3.76. The Morgan fingerprint density at radius 3 is 2.80 bits per heavy atom. The monoisotopic (exact) mass is 237 g/mol. The molecule has 15 heavy (non-hydrogen) atoms. The summed E-state index contributed by atoms with van der Waals surface area (Å²) in [5, 5.41) is 2.78. The van der Waals surface area contributed by atoms with Crippen LogP contribution in [0.3, 0.4) is 0 Å². The highest BCUT2D eigenvalue weighted by Crippen LogP contribution is 2.27. The number of halogens is 1. The zero-order valence-corrected chi connectivity index (χ0v) is 9.98. The molecule has 1 unspecified atom stereocenters. The van der Waals surface area contributed by atoms with E-state index in [2.05, 4.69) is 13.0 Å². The standard InChI is InChI=1S/C12H12ClNS/c1-8-4-5-9(13)7-10(8)12(14)11-3-2-6-15-11/h2-7,12H,14H2,1H3. The van der Waals surface area contributed by atoms with Gasteiger partial charge in [0.05, 0.1) is 6.04 Å². The van der Waals surface area contributed by atoms with Gasteiger partial charge < -0.3 is 5.73 Å². The molecular formula is C12H12ClNS. The number of hydrogen-bond acceptors (Lipinski definition) is 2. The van der Waals surface area contributed by atoms with E-state index < -0.39 is 0 Å². The lowest BCUT2D eigenvalue weighted by Gasteiger charge is -2.13. The second-order valence-electron chi connectivity index (χ2n) is 3.49. The van der Waals surface area contributed by atoms with Crippen LogP contribution in [0.2, 0.25) is 5.02 Å². The molecule has 0 fully saturated rings. The summed E-state index contributed by atoms with van der Waals surface area (Å²) >= 11 is 7.64. The lowest BCUT2D eigenvalue weighted by atomic mass is 10.0. The number of hydrogen-bond donors (Lipinski definition) is 1. The number of nitrogens with two attached hydrogens (primary N) is 1. The van der Waals surface area contributed by atoms with Crippen LogP contribution in [0.5, 0.6) is 0 Å². The summed E-state index contributed by atoms with van der Waals surface area (Å²) in [5.41, 5.74) is 8.46. The molecule has 0 aliphatic carbocycles. The summed E-state index contributed by atoms with van der Waals surface area (Å²) < 4.78 is 0. The second-order valence-corrected chi connectivity index (χ2v) is 4.91. The first kappa shape index (κ1) is 10.7. The van der Waals surface area contributed by atoms with Crippen LogP contribution in [0, 0.1) is 6.92 Å². The summed E-state index contributed by atoms with van der Waals surface area (Å²) in [6.07, 6.45) is 0. The molecule has 1 atom stereocenters. The van der Waals surface area contributed by atoms with Crippen molar-refractivity contribution >= 4 is 22.9 Å². The van der Waals surface area contributed by atoms with Crippen LogP contribution in [0.1, 0.15) is 22.0 Å². The molecule has 2 N–H and O–H groups in total. The fraction of sp³-hybridized carbons (Fsp3) is 0.167. The third kappa shape index (κ3) is 2.23. The van der Waals surface area contributed by atoms with Crippen molar-refractivity contribution in [3.8, 4) is 0 Å². The molecule has 1 heterocycles. The third-order valence-electron chi connectivity index (χ3n) is 2.43. The minimum Gasteiger partial charge on any atom is -0.320 e. The first-order chi connectivity index (χ1) is 7.18. The Hall–Kier alpha value is -0.830. The van der Waals surface area contributed by atoms with E-state index in [1.807, 2.05) is 29.6 Å². The van der Waals surface area contributed by atoms with E-state index in [1.165, 1.54) is 10.4 Å². The van der Waals surface area contributed by atoms with Gasteiger partial charge in [0, 0.05) is 9.90 Å². The van der Waals surface area contributed by atoms with Crippen LogP contribution in [-0.4, -0.2) is 0 Å². The molecule has 0 bridgehead atoms. The minimum atomic E-state index is -0.0660. The molecule has 1 aromatic carbocycles. The summed E-state index contributed by atoms with van der Waals surface area (Å²) in [6.45, 7) is 2.05. The molecule has 1 aromatic heterocycles. The van der Waals surface area contributed by atoms with E-state index in [0.717, 1.165) is 10.6 Å². The Kier molecular flexibility index (Phi) is 3.10. The fourth-order valence-electron chi connectivity index (χ4n) is 1.57. The van der Waals surface area contributed by atoms with Crippen molar-refractivity contribution in [1.29, 1.82) is 0 Å². The maximum absolute atomic E-state index is 6.18. The topological polar surface area (TPSA) is 26.0 Å². The lowest BCUT2D eigenvalue weighted by molar-refractivity contribution is 0.883. The molecular weight excluding hydrogens is 226 g/mol. The molecule has 78 valence electrons. The highest BCUT2D eigenvalue weighted by Gasteiger charge is 2.12. The molecule has 3 heteroatoms. The van der Waals surface area contributed by atoms with Gasteiger partial charge in [-0.15, -0.1) is 11.3 Å². The average molecular weight is 238 g/mol. The Morgan fingerprint density at radius 1 is 1.33 bits per heavy atom. The van der Waals surface area contributed by atoms with Crippen molar-refractivity contribution < 1.29 is 0 Å². The SMILES string of the molecule is Cc1ccc(Cl)cc1C(N)c1cccs1. The fourth-order valence-corrected chi connectivity index (χ4v) is 2.49. The predicted molar refractivity (Wildman–Crippen MR) is 66.5 cm³/mol. The van der Waals surface area contributed by atoms with E-state index >= 15 is 0 Å². The summed E-state index contributed by atoms with van der Waals surface area (Å²) in [7, 11) is 0. The van der Waals surface area contributed by atoms with Gasteiger partial charge in [0.2, 0.25) is 0 Å². The van der Waals surface area contributed by atoms with E-state index in [-0.39, 0.29) is 6.04 Å². The van der Waals surface area contributed by atoms with Crippen molar-refractivity contribution in [3.05, 3.63) is 56.7 Å². The number of rotatable bonds is 2. The van der Waals surface area contributed by atoms with Crippen LogP contribution in [0.4, 0.5) is 0 Å². The van der Waals surface area contributed by atoms with Crippen molar-refractivity contribution in [2.75, 3.05) is 0 Å². The van der Waals surface area contributed by atoms with E-state index in [4.69, 9.17) is 17.3 Å². The first-order valence-electron chi connectivity index (χ1n) is 4.73. The van der Waals surface area contributed by atoms with E-state index in [9.17, 15) is 0 Å². The van der Waals surface area contributed by atoms with Crippen LogP contribution in [0.25, 0.3) is 0 Å². The summed E-state index contributed by atoms with van der Waals surface area (Å²) in [6, 6.07) is 9.84. The van der Waals surface area contributed by atoms with Crippen LogP contribution in [0.15, 0.2) is 35.7 Å². The van der Waals surface area contributed by atoms with Gasteiger partial charge in [-0.1, -0.05) is 23.7 Å². The van der Waals surface area contributed by atoms with Crippen LogP contribution < -0.4 is 5.73 Å². The lowest BCUT2D eigenvalue weighted by Crippen LogP contribution is -2.11. The van der Waals surface area contributed by atoms with Gasteiger partial charge in [0.1, 0.15) is 0 Å².